The van der Waals surface area contributed by atoms with Gasteiger partial charge in [0.15, 0.2) is 0 Å². The molecule has 0 aliphatic carbocycles. The molecule has 0 spiro atoms. The Morgan fingerprint density at radius 1 is 1.50 bits per heavy atom. The smallest absolute Gasteiger partial charge is 0.0496 e. The van der Waals surface area contributed by atoms with Crippen molar-refractivity contribution in [1.29, 1.82) is 0 Å². The van der Waals surface area contributed by atoms with E-state index >= 15 is 0 Å². The van der Waals surface area contributed by atoms with Gasteiger partial charge in [0.25, 0.3) is 0 Å². The number of aliphatic imine (C=N–C) groups is 1. The van der Waals surface area contributed by atoms with E-state index in [1.54, 1.807) is 4.90 Å². The Morgan fingerprint density at radius 3 is 2.60 bits per heavy atom. The highest BCUT2D eigenvalue weighted by Gasteiger charge is 2.06. The summed E-state index contributed by atoms with van der Waals surface area (Å²) >= 11 is 0. The third-order valence-corrected chi connectivity index (χ3v) is 1.58. The van der Waals surface area contributed by atoms with Crippen LogP contribution in [-0.2, 0) is 0 Å². The minimum absolute atomic E-state index is 0.0958. The Morgan fingerprint density at radius 2 is 2.10 bits per heavy atom. The first-order chi connectivity index (χ1) is 4.84. The van der Waals surface area contributed by atoms with Crippen LogP contribution in [0.1, 0.15) is 0 Å². The van der Waals surface area contributed by atoms with Gasteiger partial charge >= 0.3 is 0 Å². The highest BCUT2D eigenvalue weighted by Crippen LogP contribution is 1.89. The molecule has 0 radical (unpaired) electrons. The van der Waals surface area contributed by atoms with Gasteiger partial charge in [-0.15, -0.1) is 0 Å². The molecule has 10 heavy (non-hydrogen) atoms. The van der Waals surface area contributed by atoms with Crippen LogP contribution >= 0.6 is 0 Å². The van der Waals surface area contributed by atoms with Gasteiger partial charge in [0, 0.05) is 39.2 Å². The number of piperazine rings is 1. The van der Waals surface area contributed by atoms with Crippen molar-refractivity contribution >= 4 is 6.02 Å². The summed E-state index contributed by atoms with van der Waals surface area (Å²) < 4.78 is 0. The van der Waals surface area contributed by atoms with E-state index in [1.807, 2.05) is 0 Å². The molecule has 1 saturated heterocycles. The van der Waals surface area contributed by atoms with Gasteiger partial charge in [-0.1, -0.05) is 0 Å². The molecule has 1 fully saturated rings. The summed E-state index contributed by atoms with van der Waals surface area (Å²) in [5.74, 6) is 0. The zero-order valence-corrected chi connectivity index (χ0v) is 6.13. The van der Waals surface area contributed by atoms with Crippen molar-refractivity contribution in [1.82, 2.24) is 10.2 Å². The Kier molecular flexibility index (Phi) is 2.50. The van der Waals surface area contributed by atoms with Crippen molar-refractivity contribution in [2.75, 3.05) is 33.2 Å². The molecule has 0 atom stereocenters. The minimum Gasteiger partial charge on any atom is -0.846 e. The second kappa shape index (κ2) is 3.41. The summed E-state index contributed by atoms with van der Waals surface area (Å²) in [5, 5.41) is 14.1. The highest BCUT2D eigenvalue weighted by atomic mass is 16.3. The molecule has 0 bridgehead atoms. The van der Waals surface area contributed by atoms with E-state index in [0.29, 0.717) is 0 Å². The zero-order chi connectivity index (χ0) is 7.40. The zero-order valence-electron chi connectivity index (χ0n) is 6.13. The van der Waals surface area contributed by atoms with Crippen LogP contribution in [0.3, 0.4) is 0 Å². The maximum Gasteiger partial charge on any atom is 0.0496 e. The molecule has 0 saturated carbocycles. The van der Waals surface area contributed by atoms with Gasteiger partial charge in [0.2, 0.25) is 0 Å². The summed E-state index contributed by atoms with van der Waals surface area (Å²) in [5.41, 5.74) is 0. The van der Waals surface area contributed by atoms with Gasteiger partial charge in [-0.25, -0.2) is 0 Å². The molecule has 1 aliphatic heterocycles. The monoisotopic (exact) mass is 142 g/mol. The van der Waals surface area contributed by atoms with Crippen LogP contribution in [0, 0.1) is 0 Å². The SMILES string of the molecule is CN=C([O-])N1CCNCC1. The van der Waals surface area contributed by atoms with Crippen molar-refractivity contribution in [2.45, 2.75) is 0 Å². The maximum absolute atomic E-state index is 10.9. The van der Waals surface area contributed by atoms with E-state index in [0.717, 1.165) is 26.2 Å². The van der Waals surface area contributed by atoms with E-state index in [1.165, 1.54) is 7.05 Å². The van der Waals surface area contributed by atoms with E-state index in [9.17, 15) is 5.11 Å². The van der Waals surface area contributed by atoms with Crippen LogP contribution in [0.4, 0.5) is 0 Å². The molecule has 0 aromatic carbocycles. The molecule has 0 amide bonds. The lowest BCUT2D eigenvalue weighted by molar-refractivity contribution is -0.235. The summed E-state index contributed by atoms with van der Waals surface area (Å²) in [7, 11) is 1.53. The van der Waals surface area contributed by atoms with Crippen LogP contribution in [0.25, 0.3) is 0 Å². The van der Waals surface area contributed by atoms with Crippen molar-refractivity contribution in [3.63, 3.8) is 0 Å². The minimum atomic E-state index is -0.0958. The van der Waals surface area contributed by atoms with Crippen LogP contribution in [-0.4, -0.2) is 44.1 Å². The van der Waals surface area contributed by atoms with Crippen molar-refractivity contribution in [2.24, 2.45) is 4.99 Å². The summed E-state index contributed by atoms with van der Waals surface area (Å²) in [6.45, 7) is 3.36. The topological polar surface area (TPSA) is 50.7 Å². The second-order valence-electron chi connectivity index (χ2n) is 2.24. The lowest BCUT2D eigenvalue weighted by Gasteiger charge is -2.32. The lowest BCUT2D eigenvalue weighted by Crippen LogP contribution is -2.50. The van der Waals surface area contributed by atoms with E-state index in [2.05, 4.69) is 10.3 Å². The molecule has 1 aliphatic rings. The Balaban J connectivity index is 2.39. The van der Waals surface area contributed by atoms with Gasteiger partial charge in [-0.2, -0.15) is 0 Å². The first-order valence-corrected chi connectivity index (χ1v) is 3.44. The summed E-state index contributed by atoms with van der Waals surface area (Å²) in [6.07, 6.45) is 0. The largest absolute Gasteiger partial charge is 0.846 e. The van der Waals surface area contributed by atoms with Gasteiger partial charge in [0.1, 0.15) is 0 Å². The first kappa shape index (κ1) is 7.34. The predicted molar refractivity (Wildman–Crippen MR) is 37.8 cm³/mol. The van der Waals surface area contributed by atoms with E-state index in [4.69, 9.17) is 0 Å². The molecular formula is C6H12N3O-. The van der Waals surface area contributed by atoms with Gasteiger partial charge in [-0.05, 0) is 0 Å². The maximum atomic E-state index is 10.9. The molecule has 4 nitrogen and oxygen atoms in total. The summed E-state index contributed by atoms with van der Waals surface area (Å²) in [6, 6.07) is -0.0958. The molecule has 0 aromatic rings. The molecule has 4 heteroatoms. The molecule has 58 valence electrons. The van der Waals surface area contributed by atoms with Crippen molar-refractivity contribution < 1.29 is 5.11 Å². The molecule has 0 aromatic heterocycles. The number of hydrogen-bond donors (Lipinski definition) is 1. The number of amidine groups is 1. The molecule has 1 N–H and O–H groups in total. The number of nitrogens with zero attached hydrogens (tertiary/aromatic N) is 2. The molecular weight excluding hydrogens is 130 g/mol. The van der Waals surface area contributed by atoms with E-state index < -0.39 is 0 Å². The number of hydrogen-bond acceptors (Lipinski definition) is 3. The fraction of sp³-hybridized carbons (Fsp3) is 0.833. The van der Waals surface area contributed by atoms with Crippen molar-refractivity contribution in [3.8, 4) is 0 Å². The highest BCUT2D eigenvalue weighted by molar-refractivity contribution is 5.68. The first-order valence-electron chi connectivity index (χ1n) is 3.44. The third kappa shape index (κ3) is 1.60. The molecule has 1 heterocycles. The Labute approximate surface area is 60.6 Å². The quantitative estimate of drug-likeness (QED) is 0.322. The van der Waals surface area contributed by atoms with Gasteiger partial charge in [0.05, 0.1) is 0 Å². The lowest BCUT2D eigenvalue weighted by atomic mass is 10.4. The van der Waals surface area contributed by atoms with Crippen LogP contribution in [0.5, 0.6) is 0 Å². The average molecular weight is 142 g/mol. The fourth-order valence-electron chi connectivity index (χ4n) is 0.998. The van der Waals surface area contributed by atoms with Crippen LogP contribution in [0.2, 0.25) is 0 Å². The fourth-order valence-corrected chi connectivity index (χ4v) is 0.998. The Hall–Kier alpha value is -0.770. The van der Waals surface area contributed by atoms with Gasteiger partial charge in [-0.3, -0.25) is 4.99 Å². The predicted octanol–water partition coefficient (Wildman–Crippen LogP) is -1.76. The van der Waals surface area contributed by atoms with E-state index in [-0.39, 0.29) is 6.02 Å². The number of rotatable bonds is 0. The standard InChI is InChI=1S/C6H13N3O/c1-7-6(10)9-4-2-8-3-5-9/h8H,2-5H2,1H3,(H,7,10)/p-1. The molecule has 1 rings (SSSR count). The normalized spacial score (nSPS) is 21.3. The number of nitrogens with one attached hydrogen (secondary N) is 1. The second-order valence-corrected chi connectivity index (χ2v) is 2.24. The molecule has 0 unspecified atom stereocenters. The van der Waals surface area contributed by atoms with Crippen LogP contribution < -0.4 is 10.4 Å². The third-order valence-electron chi connectivity index (χ3n) is 1.58. The van der Waals surface area contributed by atoms with Gasteiger partial charge < -0.3 is 15.3 Å². The average Bonchev–Trinajstić information content (AvgIpc) is 2.05. The van der Waals surface area contributed by atoms with Crippen LogP contribution in [0.15, 0.2) is 4.99 Å². The summed E-state index contributed by atoms with van der Waals surface area (Å²) in [4.78, 5) is 5.32. The Bertz CT molecular complexity index is 129. The van der Waals surface area contributed by atoms with Crippen molar-refractivity contribution in [3.05, 3.63) is 0 Å².